The van der Waals surface area contributed by atoms with E-state index in [0.717, 1.165) is 24.1 Å². The molecule has 1 amide bonds. The fraction of sp³-hybridized carbons (Fsp3) is 0.350. The largest absolute Gasteiger partial charge is 0.493 e. The van der Waals surface area contributed by atoms with E-state index in [0.29, 0.717) is 30.2 Å². The molecule has 0 spiro atoms. The van der Waals surface area contributed by atoms with Gasteiger partial charge in [0.25, 0.3) is 5.91 Å². The molecule has 0 atom stereocenters. The summed E-state index contributed by atoms with van der Waals surface area (Å²) in [6.07, 6.45) is 0. The predicted molar refractivity (Wildman–Crippen MR) is 105 cm³/mol. The van der Waals surface area contributed by atoms with Crippen molar-refractivity contribution in [2.45, 2.75) is 6.54 Å². The van der Waals surface area contributed by atoms with Crippen LogP contribution in [0.25, 0.3) is 0 Å². The molecule has 1 saturated heterocycles. The second kappa shape index (κ2) is 8.56. The lowest BCUT2D eigenvalue weighted by molar-refractivity contribution is 0.0624. The number of carbonyl (C=O) groups is 1. The van der Waals surface area contributed by atoms with Gasteiger partial charge < -0.3 is 14.4 Å². The Bertz CT molecular complexity index is 773. The summed E-state index contributed by atoms with van der Waals surface area (Å²) in [5, 5.41) is 0. The SMILES string of the molecule is COc1cccc(C(=O)N2CCN(Cc3ccccc3Br)CC2)c1OC. The van der Waals surface area contributed by atoms with Crippen LogP contribution in [0.5, 0.6) is 11.5 Å². The first-order valence-electron chi connectivity index (χ1n) is 8.60. The van der Waals surface area contributed by atoms with E-state index in [4.69, 9.17) is 9.47 Å². The van der Waals surface area contributed by atoms with Gasteiger partial charge in [-0.15, -0.1) is 0 Å². The maximum Gasteiger partial charge on any atom is 0.257 e. The van der Waals surface area contributed by atoms with E-state index in [-0.39, 0.29) is 5.91 Å². The second-order valence-corrected chi connectivity index (χ2v) is 7.06. The number of carbonyl (C=O) groups excluding carboxylic acids is 1. The van der Waals surface area contributed by atoms with Crippen molar-refractivity contribution in [3.8, 4) is 11.5 Å². The summed E-state index contributed by atoms with van der Waals surface area (Å²) in [6, 6.07) is 13.7. The van der Waals surface area contributed by atoms with Crippen LogP contribution in [0.3, 0.4) is 0 Å². The summed E-state index contributed by atoms with van der Waals surface area (Å²) in [4.78, 5) is 17.2. The van der Waals surface area contributed by atoms with Crippen LogP contribution in [0.4, 0.5) is 0 Å². The van der Waals surface area contributed by atoms with Crippen molar-refractivity contribution in [2.24, 2.45) is 0 Å². The van der Waals surface area contributed by atoms with Crippen LogP contribution in [-0.2, 0) is 6.54 Å². The zero-order chi connectivity index (χ0) is 18.5. The van der Waals surface area contributed by atoms with Crippen molar-refractivity contribution in [1.82, 2.24) is 9.80 Å². The molecule has 26 heavy (non-hydrogen) atoms. The van der Waals surface area contributed by atoms with Crippen LogP contribution in [0.1, 0.15) is 15.9 Å². The number of benzene rings is 2. The summed E-state index contributed by atoms with van der Waals surface area (Å²) in [6.45, 7) is 3.97. The Balaban J connectivity index is 1.65. The molecule has 6 heteroatoms. The Morgan fingerprint density at radius 1 is 1.00 bits per heavy atom. The van der Waals surface area contributed by atoms with Gasteiger partial charge in [-0.1, -0.05) is 40.2 Å². The molecular formula is C20H23BrN2O3. The number of nitrogens with zero attached hydrogens (tertiary/aromatic N) is 2. The van der Waals surface area contributed by atoms with Crippen LogP contribution in [-0.4, -0.2) is 56.1 Å². The smallest absolute Gasteiger partial charge is 0.257 e. The summed E-state index contributed by atoms with van der Waals surface area (Å²) in [5.74, 6) is 1.06. The van der Waals surface area contributed by atoms with Crippen molar-refractivity contribution >= 4 is 21.8 Å². The zero-order valence-electron chi connectivity index (χ0n) is 15.1. The standard InChI is InChI=1S/C20H23BrN2O3/c1-25-18-9-5-7-16(19(18)26-2)20(24)23-12-10-22(11-13-23)14-15-6-3-4-8-17(15)21/h3-9H,10-14H2,1-2H3. The van der Waals surface area contributed by atoms with Gasteiger partial charge in [0, 0.05) is 37.2 Å². The molecule has 0 saturated carbocycles. The molecule has 2 aromatic carbocycles. The number of para-hydroxylation sites is 1. The highest BCUT2D eigenvalue weighted by atomic mass is 79.9. The molecule has 0 bridgehead atoms. The van der Waals surface area contributed by atoms with Gasteiger partial charge in [0.15, 0.2) is 11.5 Å². The van der Waals surface area contributed by atoms with Crippen molar-refractivity contribution in [1.29, 1.82) is 0 Å². The number of hydrogen-bond donors (Lipinski definition) is 0. The van der Waals surface area contributed by atoms with Crippen LogP contribution in [0, 0.1) is 0 Å². The molecule has 0 unspecified atom stereocenters. The summed E-state index contributed by atoms with van der Waals surface area (Å²) in [5.41, 5.74) is 1.81. The predicted octanol–water partition coefficient (Wildman–Crippen LogP) is 3.42. The lowest BCUT2D eigenvalue weighted by atomic mass is 10.1. The monoisotopic (exact) mass is 418 g/mol. The first-order valence-corrected chi connectivity index (χ1v) is 9.39. The van der Waals surface area contributed by atoms with Crippen LogP contribution in [0.2, 0.25) is 0 Å². The van der Waals surface area contributed by atoms with Gasteiger partial charge in [-0.25, -0.2) is 0 Å². The van der Waals surface area contributed by atoms with Gasteiger partial charge in [0.2, 0.25) is 0 Å². The zero-order valence-corrected chi connectivity index (χ0v) is 16.7. The van der Waals surface area contributed by atoms with Gasteiger partial charge in [-0.3, -0.25) is 9.69 Å². The Hall–Kier alpha value is -2.05. The van der Waals surface area contributed by atoms with E-state index in [2.05, 4.69) is 39.0 Å². The van der Waals surface area contributed by atoms with Crippen molar-refractivity contribution in [3.63, 3.8) is 0 Å². The molecule has 0 N–H and O–H groups in total. The Labute approximate surface area is 162 Å². The molecule has 2 aromatic rings. The Morgan fingerprint density at radius 3 is 2.38 bits per heavy atom. The number of rotatable bonds is 5. The van der Waals surface area contributed by atoms with E-state index >= 15 is 0 Å². The molecule has 1 heterocycles. The number of halogens is 1. The number of piperazine rings is 1. The number of amides is 1. The third-order valence-corrected chi connectivity index (χ3v) is 5.42. The fourth-order valence-electron chi connectivity index (χ4n) is 3.20. The average Bonchev–Trinajstić information content (AvgIpc) is 2.69. The molecule has 0 aliphatic carbocycles. The van der Waals surface area contributed by atoms with Gasteiger partial charge in [0.05, 0.1) is 19.8 Å². The minimum atomic E-state index is -0.0127. The Kier molecular flexibility index (Phi) is 6.16. The maximum absolute atomic E-state index is 12.9. The molecule has 1 aliphatic rings. The Morgan fingerprint density at radius 2 is 1.73 bits per heavy atom. The van der Waals surface area contributed by atoms with Crippen LogP contribution >= 0.6 is 15.9 Å². The third-order valence-electron chi connectivity index (χ3n) is 4.64. The summed E-state index contributed by atoms with van der Waals surface area (Å²) in [7, 11) is 3.14. The topological polar surface area (TPSA) is 42.0 Å². The van der Waals surface area contributed by atoms with Gasteiger partial charge in [0.1, 0.15) is 0 Å². The quantitative estimate of drug-likeness (QED) is 0.745. The average molecular weight is 419 g/mol. The van der Waals surface area contributed by atoms with E-state index in [9.17, 15) is 4.79 Å². The first-order chi connectivity index (χ1) is 12.6. The van der Waals surface area contributed by atoms with Crippen molar-refractivity contribution < 1.29 is 14.3 Å². The second-order valence-electron chi connectivity index (χ2n) is 6.20. The van der Waals surface area contributed by atoms with E-state index in [1.807, 2.05) is 17.0 Å². The molecule has 1 fully saturated rings. The molecule has 3 rings (SSSR count). The van der Waals surface area contributed by atoms with E-state index in [1.54, 1.807) is 26.4 Å². The van der Waals surface area contributed by atoms with E-state index in [1.165, 1.54) is 5.56 Å². The molecular weight excluding hydrogens is 396 g/mol. The first kappa shape index (κ1) is 18.7. The van der Waals surface area contributed by atoms with Gasteiger partial charge in [-0.2, -0.15) is 0 Å². The highest BCUT2D eigenvalue weighted by molar-refractivity contribution is 9.10. The normalized spacial score (nSPS) is 15.0. The fourth-order valence-corrected chi connectivity index (χ4v) is 3.61. The summed E-state index contributed by atoms with van der Waals surface area (Å²) < 4.78 is 11.8. The number of ether oxygens (including phenoxy) is 2. The van der Waals surface area contributed by atoms with Gasteiger partial charge >= 0.3 is 0 Å². The number of methoxy groups -OCH3 is 2. The molecule has 0 radical (unpaired) electrons. The van der Waals surface area contributed by atoms with Crippen LogP contribution < -0.4 is 9.47 Å². The van der Waals surface area contributed by atoms with Crippen molar-refractivity contribution in [2.75, 3.05) is 40.4 Å². The van der Waals surface area contributed by atoms with E-state index < -0.39 is 0 Å². The summed E-state index contributed by atoms with van der Waals surface area (Å²) >= 11 is 3.60. The van der Waals surface area contributed by atoms with Crippen LogP contribution in [0.15, 0.2) is 46.9 Å². The minimum Gasteiger partial charge on any atom is -0.493 e. The third kappa shape index (κ3) is 4.02. The van der Waals surface area contributed by atoms with Gasteiger partial charge in [-0.05, 0) is 23.8 Å². The highest BCUT2D eigenvalue weighted by Gasteiger charge is 2.25. The molecule has 0 aromatic heterocycles. The molecule has 1 aliphatic heterocycles. The molecule has 138 valence electrons. The highest BCUT2D eigenvalue weighted by Crippen LogP contribution is 2.31. The molecule has 5 nitrogen and oxygen atoms in total. The lowest BCUT2D eigenvalue weighted by Crippen LogP contribution is -2.48. The lowest BCUT2D eigenvalue weighted by Gasteiger charge is -2.35. The number of hydrogen-bond acceptors (Lipinski definition) is 4. The van der Waals surface area contributed by atoms with Crippen molar-refractivity contribution in [3.05, 3.63) is 58.1 Å². The minimum absolute atomic E-state index is 0.0127. The maximum atomic E-state index is 12.9.